The average Bonchev–Trinajstić information content (AvgIpc) is 2.40. The van der Waals surface area contributed by atoms with E-state index >= 15 is 0 Å². The van der Waals surface area contributed by atoms with Crippen LogP contribution in [0.1, 0.15) is 10.4 Å². The number of carbonyl (C=O) groups excluding carboxylic acids is 1. The van der Waals surface area contributed by atoms with Crippen molar-refractivity contribution in [1.29, 1.82) is 0 Å². The fourth-order valence-corrected chi connectivity index (χ4v) is 1.38. The molecule has 1 aromatic carbocycles. The van der Waals surface area contributed by atoms with Crippen LogP contribution in [0.15, 0.2) is 48.8 Å². The van der Waals surface area contributed by atoms with E-state index in [9.17, 15) is 4.79 Å². The van der Waals surface area contributed by atoms with Gasteiger partial charge in [-0.3, -0.25) is 9.78 Å². The highest BCUT2D eigenvalue weighted by molar-refractivity contribution is 6.04. The summed E-state index contributed by atoms with van der Waals surface area (Å²) in [5.74, 6) is 0.601. The lowest BCUT2D eigenvalue weighted by Crippen LogP contribution is -2.11. The second kappa shape index (κ2) is 6.61. The number of halogens is 1. The molecule has 1 heterocycles. The van der Waals surface area contributed by atoms with E-state index in [2.05, 4.69) is 10.3 Å². The highest BCUT2D eigenvalue weighted by Crippen LogP contribution is 2.15. The fraction of sp³-hybridized carbons (Fsp3) is 0.0769. The van der Waals surface area contributed by atoms with E-state index in [-0.39, 0.29) is 18.3 Å². The van der Waals surface area contributed by atoms with Gasteiger partial charge < -0.3 is 10.1 Å². The van der Waals surface area contributed by atoms with E-state index in [1.807, 2.05) is 0 Å². The van der Waals surface area contributed by atoms with Crippen LogP contribution in [0.4, 0.5) is 5.69 Å². The largest absolute Gasteiger partial charge is 0.497 e. The maximum Gasteiger partial charge on any atom is 0.255 e. The van der Waals surface area contributed by atoms with Crippen LogP contribution >= 0.6 is 12.4 Å². The molecule has 0 radical (unpaired) electrons. The number of carbonyl (C=O) groups is 1. The van der Waals surface area contributed by atoms with Gasteiger partial charge in [-0.05, 0) is 36.4 Å². The summed E-state index contributed by atoms with van der Waals surface area (Å²) in [5, 5.41) is 2.79. The first-order chi connectivity index (χ1) is 8.29. The number of aromatic nitrogens is 1. The Morgan fingerprint density at radius 2 is 1.72 bits per heavy atom. The molecule has 0 saturated heterocycles. The third-order valence-corrected chi connectivity index (χ3v) is 2.29. The number of nitrogens with zero attached hydrogens (tertiary/aromatic N) is 1. The Bertz CT molecular complexity index is 500. The SMILES string of the molecule is COc1ccc(NC(=O)c2ccncc2)cc1.Cl. The van der Waals surface area contributed by atoms with Crippen LogP contribution in [0.5, 0.6) is 5.75 Å². The van der Waals surface area contributed by atoms with Crippen molar-refractivity contribution in [2.24, 2.45) is 0 Å². The standard InChI is InChI=1S/C13H12N2O2.ClH/c1-17-12-4-2-11(3-5-12)15-13(16)10-6-8-14-9-7-10;/h2-9H,1H3,(H,15,16);1H. The van der Waals surface area contributed by atoms with E-state index in [1.165, 1.54) is 0 Å². The van der Waals surface area contributed by atoms with Gasteiger partial charge in [-0.1, -0.05) is 0 Å². The van der Waals surface area contributed by atoms with Gasteiger partial charge in [-0.2, -0.15) is 0 Å². The summed E-state index contributed by atoms with van der Waals surface area (Å²) in [6, 6.07) is 10.5. The molecule has 0 aliphatic rings. The molecule has 0 unspecified atom stereocenters. The third kappa shape index (κ3) is 3.46. The molecule has 1 aromatic heterocycles. The molecule has 0 aliphatic heterocycles. The number of benzene rings is 1. The predicted molar refractivity (Wildman–Crippen MR) is 72.4 cm³/mol. The molecule has 0 atom stereocenters. The van der Waals surface area contributed by atoms with Crippen molar-refractivity contribution in [2.45, 2.75) is 0 Å². The molecule has 4 nitrogen and oxygen atoms in total. The molecule has 0 aliphatic carbocycles. The number of hydrogen-bond acceptors (Lipinski definition) is 3. The van der Waals surface area contributed by atoms with Gasteiger partial charge in [0.1, 0.15) is 5.75 Å². The van der Waals surface area contributed by atoms with Gasteiger partial charge >= 0.3 is 0 Å². The first kappa shape index (κ1) is 14.0. The molecule has 0 fully saturated rings. The lowest BCUT2D eigenvalue weighted by atomic mass is 10.2. The molecule has 2 rings (SSSR count). The number of ether oxygens (including phenoxy) is 1. The molecule has 94 valence electrons. The smallest absolute Gasteiger partial charge is 0.255 e. The van der Waals surface area contributed by atoms with E-state index in [1.54, 1.807) is 55.9 Å². The van der Waals surface area contributed by atoms with Gasteiger partial charge in [0.05, 0.1) is 7.11 Å². The number of nitrogens with one attached hydrogen (secondary N) is 1. The van der Waals surface area contributed by atoms with Crippen molar-refractivity contribution in [3.8, 4) is 5.75 Å². The number of pyridine rings is 1. The van der Waals surface area contributed by atoms with Crippen molar-refractivity contribution in [2.75, 3.05) is 12.4 Å². The van der Waals surface area contributed by atoms with Gasteiger partial charge in [0, 0.05) is 23.6 Å². The van der Waals surface area contributed by atoms with Crippen molar-refractivity contribution >= 4 is 24.0 Å². The molecular weight excluding hydrogens is 252 g/mol. The first-order valence-electron chi connectivity index (χ1n) is 5.15. The summed E-state index contributed by atoms with van der Waals surface area (Å²) in [6.45, 7) is 0. The monoisotopic (exact) mass is 264 g/mol. The van der Waals surface area contributed by atoms with Crippen LogP contribution in [0.3, 0.4) is 0 Å². The second-order valence-electron chi connectivity index (χ2n) is 3.42. The van der Waals surface area contributed by atoms with Crippen molar-refractivity contribution < 1.29 is 9.53 Å². The van der Waals surface area contributed by atoms with Crippen LogP contribution < -0.4 is 10.1 Å². The second-order valence-corrected chi connectivity index (χ2v) is 3.42. The van der Waals surface area contributed by atoms with E-state index in [0.29, 0.717) is 5.56 Å². The highest BCUT2D eigenvalue weighted by Gasteiger charge is 2.04. The van der Waals surface area contributed by atoms with Crippen molar-refractivity contribution in [3.63, 3.8) is 0 Å². The average molecular weight is 265 g/mol. The lowest BCUT2D eigenvalue weighted by molar-refractivity contribution is 0.102. The number of amides is 1. The van der Waals surface area contributed by atoms with E-state index in [4.69, 9.17) is 4.74 Å². The maximum absolute atomic E-state index is 11.8. The molecule has 2 aromatic rings. The topological polar surface area (TPSA) is 51.2 Å². The van der Waals surface area contributed by atoms with E-state index in [0.717, 1.165) is 11.4 Å². The minimum atomic E-state index is -0.155. The third-order valence-electron chi connectivity index (χ3n) is 2.29. The summed E-state index contributed by atoms with van der Waals surface area (Å²) < 4.78 is 5.04. The van der Waals surface area contributed by atoms with Crippen LogP contribution in [0.2, 0.25) is 0 Å². The molecule has 18 heavy (non-hydrogen) atoms. The highest BCUT2D eigenvalue weighted by atomic mass is 35.5. The Morgan fingerprint density at radius 3 is 2.28 bits per heavy atom. The van der Waals surface area contributed by atoms with Gasteiger partial charge in [0.15, 0.2) is 0 Å². The Balaban J connectivity index is 0.00000162. The van der Waals surface area contributed by atoms with Crippen LogP contribution in [0.25, 0.3) is 0 Å². The zero-order chi connectivity index (χ0) is 12.1. The molecule has 0 spiro atoms. The molecule has 5 heteroatoms. The minimum absolute atomic E-state index is 0. The Labute approximate surface area is 111 Å². The zero-order valence-corrected chi connectivity index (χ0v) is 10.6. The van der Waals surface area contributed by atoms with E-state index < -0.39 is 0 Å². The van der Waals surface area contributed by atoms with Crippen LogP contribution in [0, 0.1) is 0 Å². The van der Waals surface area contributed by atoms with Crippen LogP contribution in [-0.4, -0.2) is 18.0 Å². The lowest BCUT2D eigenvalue weighted by Gasteiger charge is -2.05. The first-order valence-corrected chi connectivity index (χ1v) is 5.15. The summed E-state index contributed by atoms with van der Waals surface area (Å²) >= 11 is 0. The van der Waals surface area contributed by atoms with Gasteiger partial charge in [-0.25, -0.2) is 0 Å². The van der Waals surface area contributed by atoms with Crippen molar-refractivity contribution in [3.05, 3.63) is 54.4 Å². The number of hydrogen-bond donors (Lipinski definition) is 1. The summed E-state index contributed by atoms with van der Waals surface area (Å²) in [4.78, 5) is 15.7. The van der Waals surface area contributed by atoms with Gasteiger partial charge in [0.25, 0.3) is 5.91 Å². The van der Waals surface area contributed by atoms with Gasteiger partial charge in [-0.15, -0.1) is 12.4 Å². The van der Waals surface area contributed by atoms with Crippen LogP contribution in [-0.2, 0) is 0 Å². The summed E-state index contributed by atoms with van der Waals surface area (Å²) in [7, 11) is 1.60. The van der Waals surface area contributed by atoms with Gasteiger partial charge in [0.2, 0.25) is 0 Å². The number of rotatable bonds is 3. The summed E-state index contributed by atoms with van der Waals surface area (Å²) in [5.41, 5.74) is 1.31. The Kier molecular flexibility index (Phi) is 5.14. The zero-order valence-electron chi connectivity index (χ0n) is 9.79. The minimum Gasteiger partial charge on any atom is -0.497 e. The van der Waals surface area contributed by atoms with Crippen molar-refractivity contribution in [1.82, 2.24) is 4.98 Å². The molecule has 1 N–H and O–H groups in total. The molecule has 0 bridgehead atoms. The number of methoxy groups -OCH3 is 1. The molecule has 0 saturated carbocycles. The fourth-order valence-electron chi connectivity index (χ4n) is 1.38. The normalized spacial score (nSPS) is 9.17. The molecule has 1 amide bonds. The predicted octanol–water partition coefficient (Wildman–Crippen LogP) is 2.76. The maximum atomic E-state index is 11.8. The Morgan fingerprint density at radius 1 is 1.11 bits per heavy atom. The Hall–Kier alpha value is -2.07. The summed E-state index contributed by atoms with van der Waals surface area (Å²) in [6.07, 6.45) is 3.17. The molecular formula is C13H13ClN2O2. The number of anilines is 1. The quantitative estimate of drug-likeness (QED) is 0.927.